The van der Waals surface area contributed by atoms with Gasteiger partial charge >= 0.3 is 0 Å². The maximum atomic E-state index is 11.2. The van der Waals surface area contributed by atoms with Gasteiger partial charge in [-0.3, -0.25) is 4.79 Å². The quantitative estimate of drug-likeness (QED) is 0.249. The topological polar surface area (TPSA) is 106 Å². The highest BCUT2D eigenvalue weighted by atomic mass is 16.5. The third-order valence-electron chi connectivity index (χ3n) is 2.03. The van der Waals surface area contributed by atoms with E-state index in [1.165, 1.54) is 0 Å². The van der Waals surface area contributed by atoms with Crippen LogP contribution in [0.15, 0.2) is 5.11 Å². The summed E-state index contributed by atoms with van der Waals surface area (Å²) in [6.07, 6.45) is 0. The summed E-state index contributed by atoms with van der Waals surface area (Å²) in [7, 11) is 0. The lowest BCUT2D eigenvalue weighted by Crippen LogP contribution is -2.31. The van der Waals surface area contributed by atoms with Crippen molar-refractivity contribution in [2.24, 2.45) is 11.0 Å². The van der Waals surface area contributed by atoms with Gasteiger partial charge in [-0.05, 0) is 5.53 Å². The molecule has 0 radical (unpaired) electrons. The van der Waals surface area contributed by atoms with E-state index in [1.54, 1.807) is 0 Å². The first-order chi connectivity index (χ1) is 9.18. The number of ether oxygens (including phenoxy) is 3. The van der Waals surface area contributed by atoms with E-state index in [0.29, 0.717) is 39.6 Å². The number of amides is 1. The molecule has 0 atom stereocenters. The summed E-state index contributed by atoms with van der Waals surface area (Å²) in [5, 5.41) is 5.96. The lowest BCUT2D eigenvalue weighted by molar-refractivity contribution is -0.124. The molecular weight excluding hydrogens is 252 g/mol. The Labute approximate surface area is 113 Å². The predicted octanol–water partition coefficient (Wildman–Crippen LogP) is 1.08. The van der Waals surface area contributed by atoms with Crippen molar-refractivity contribution in [1.29, 1.82) is 0 Å². The number of carbonyl (C=O) groups is 1. The van der Waals surface area contributed by atoms with Crippen molar-refractivity contribution in [2.75, 3.05) is 46.3 Å². The molecule has 19 heavy (non-hydrogen) atoms. The first-order valence-corrected chi connectivity index (χ1v) is 6.20. The van der Waals surface area contributed by atoms with Gasteiger partial charge in [0.1, 0.15) is 6.73 Å². The van der Waals surface area contributed by atoms with Crippen molar-refractivity contribution in [3.8, 4) is 0 Å². The minimum atomic E-state index is -0.00583. The zero-order valence-electron chi connectivity index (χ0n) is 11.5. The Balaban J connectivity index is 3.11. The van der Waals surface area contributed by atoms with Crippen LogP contribution in [0.1, 0.15) is 13.8 Å². The zero-order chi connectivity index (χ0) is 14.3. The molecule has 0 aliphatic carbocycles. The Kier molecular flexibility index (Phi) is 12.2. The first kappa shape index (κ1) is 17.7. The van der Waals surface area contributed by atoms with Crippen molar-refractivity contribution in [3.63, 3.8) is 0 Å². The fourth-order valence-corrected chi connectivity index (χ4v) is 1.02. The highest BCUT2D eigenvalue weighted by molar-refractivity contribution is 5.77. The van der Waals surface area contributed by atoms with Gasteiger partial charge in [0.05, 0.1) is 33.0 Å². The van der Waals surface area contributed by atoms with Crippen LogP contribution < -0.4 is 5.32 Å². The molecule has 0 unspecified atom stereocenters. The predicted molar refractivity (Wildman–Crippen MR) is 69.5 cm³/mol. The van der Waals surface area contributed by atoms with Crippen LogP contribution in [0.2, 0.25) is 0 Å². The van der Waals surface area contributed by atoms with Gasteiger partial charge in [-0.15, -0.1) is 0 Å². The van der Waals surface area contributed by atoms with Crippen molar-refractivity contribution < 1.29 is 19.0 Å². The second kappa shape index (κ2) is 13.1. The number of carbonyl (C=O) groups excluding carboxylic acids is 1. The molecule has 0 bridgehead atoms. The Hall–Kier alpha value is -1.34. The molecule has 0 aromatic carbocycles. The van der Waals surface area contributed by atoms with E-state index < -0.39 is 0 Å². The molecule has 0 saturated carbocycles. The van der Waals surface area contributed by atoms with E-state index >= 15 is 0 Å². The standard InChI is InChI=1S/C11H22N4O4/c1-10(2)11(16)13-3-4-17-5-6-18-7-8-19-9-14-15-12/h10H,3-9H2,1-2H3,(H,13,16). The molecule has 0 rings (SSSR count). The highest BCUT2D eigenvalue weighted by Gasteiger charge is 2.04. The fraction of sp³-hybridized carbons (Fsp3) is 0.909. The lowest BCUT2D eigenvalue weighted by atomic mass is 10.2. The molecule has 110 valence electrons. The van der Waals surface area contributed by atoms with E-state index in [2.05, 4.69) is 15.3 Å². The van der Waals surface area contributed by atoms with Gasteiger partial charge in [-0.2, -0.15) is 0 Å². The van der Waals surface area contributed by atoms with Crippen LogP contribution in [-0.4, -0.2) is 52.2 Å². The molecule has 8 heteroatoms. The summed E-state index contributed by atoms with van der Waals surface area (Å²) in [5.74, 6) is 0.0192. The van der Waals surface area contributed by atoms with Crippen LogP contribution in [-0.2, 0) is 19.0 Å². The average molecular weight is 274 g/mol. The van der Waals surface area contributed by atoms with Gasteiger partial charge in [0, 0.05) is 17.4 Å². The molecule has 0 aromatic rings. The van der Waals surface area contributed by atoms with Gasteiger partial charge in [0.2, 0.25) is 5.91 Å². The maximum Gasteiger partial charge on any atom is 0.222 e. The van der Waals surface area contributed by atoms with Gasteiger partial charge < -0.3 is 19.5 Å². The van der Waals surface area contributed by atoms with Crippen LogP contribution in [0, 0.1) is 5.92 Å². The second-order valence-corrected chi connectivity index (χ2v) is 3.94. The Morgan fingerprint density at radius 2 is 1.74 bits per heavy atom. The molecule has 8 nitrogen and oxygen atoms in total. The Bertz CT molecular complexity index is 280. The summed E-state index contributed by atoms with van der Waals surface area (Å²) in [4.78, 5) is 13.7. The normalized spacial score (nSPS) is 10.3. The SMILES string of the molecule is CC(C)C(=O)NCCOCCOCCOCN=[N+]=[N-]. The monoisotopic (exact) mass is 274 g/mol. The summed E-state index contributed by atoms with van der Waals surface area (Å²) < 4.78 is 15.4. The van der Waals surface area contributed by atoms with Crippen molar-refractivity contribution in [1.82, 2.24) is 5.32 Å². The molecule has 0 spiro atoms. The molecule has 0 fully saturated rings. The molecular formula is C11H22N4O4. The number of azide groups is 1. The van der Waals surface area contributed by atoms with E-state index in [9.17, 15) is 4.79 Å². The Morgan fingerprint density at radius 1 is 1.16 bits per heavy atom. The van der Waals surface area contributed by atoms with Crippen LogP contribution >= 0.6 is 0 Å². The molecule has 0 aliphatic heterocycles. The van der Waals surface area contributed by atoms with Crippen LogP contribution in [0.25, 0.3) is 10.4 Å². The molecule has 0 heterocycles. The number of nitrogens with zero attached hydrogens (tertiary/aromatic N) is 3. The second-order valence-electron chi connectivity index (χ2n) is 3.94. The van der Waals surface area contributed by atoms with Crippen LogP contribution in [0.5, 0.6) is 0 Å². The van der Waals surface area contributed by atoms with Gasteiger partial charge in [-0.1, -0.05) is 19.0 Å². The number of hydrogen-bond acceptors (Lipinski definition) is 5. The minimum Gasteiger partial charge on any atom is -0.377 e. The van der Waals surface area contributed by atoms with Gasteiger partial charge in [0.15, 0.2) is 0 Å². The summed E-state index contributed by atoms with van der Waals surface area (Å²) in [6.45, 7) is 6.41. The van der Waals surface area contributed by atoms with Crippen molar-refractivity contribution in [2.45, 2.75) is 13.8 Å². The van der Waals surface area contributed by atoms with E-state index in [4.69, 9.17) is 19.7 Å². The Morgan fingerprint density at radius 3 is 2.32 bits per heavy atom. The smallest absolute Gasteiger partial charge is 0.222 e. The first-order valence-electron chi connectivity index (χ1n) is 6.20. The van der Waals surface area contributed by atoms with E-state index in [1.807, 2.05) is 13.8 Å². The van der Waals surface area contributed by atoms with Gasteiger partial charge in [-0.25, -0.2) is 0 Å². The molecule has 1 amide bonds. The third kappa shape index (κ3) is 12.9. The highest BCUT2D eigenvalue weighted by Crippen LogP contribution is 1.89. The lowest BCUT2D eigenvalue weighted by Gasteiger charge is -2.08. The molecule has 0 aliphatic rings. The van der Waals surface area contributed by atoms with Crippen LogP contribution in [0.4, 0.5) is 0 Å². The third-order valence-corrected chi connectivity index (χ3v) is 2.03. The maximum absolute atomic E-state index is 11.2. The summed E-state index contributed by atoms with van der Waals surface area (Å²) in [6, 6.07) is 0. The number of rotatable bonds is 12. The minimum absolute atomic E-state index is 0.00583. The fourth-order valence-electron chi connectivity index (χ4n) is 1.02. The molecule has 1 N–H and O–H groups in total. The number of nitrogens with one attached hydrogen (secondary N) is 1. The van der Waals surface area contributed by atoms with E-state index in [0.717, 1.165) is 0 Å². The molecule has 0 saturated heterocycles. The zero-order valence-corrected chi connectivity index (χ0v) is 11.5. The largest absolute Gasteiger partial charge is 0.377 e. The average Bonchev–Trinajstić information content (AvgIpc) is 2.39. The van der Waals surface area contributed by atoms with Crippen LogP contribution in [0.3, 0.4) is 0 Å². The summed E-state index contributed by atoms with van der Waals surface area (Å²) >= 11 is 0. The van der Waals surface area contributed by atoms with Crippen molar-refractivity contribution in [3.05, 3.63) is 10.4 Å². The van der Waals surface area contributed by atoms with Crippen molar-refractivity contribution >= 4 is 5.91 Å². The molecule has 0 aromatic heterocycles. The van der Waals surface area contributed by atoms with Gasteiger partial charge in [0.25, 0.3) is 0 Å². The van der Waals surface area contributed by atoms with E-state index in [-0.39, 0.29) is 18.6 Å². The summed E-state index contributed by atoms with van der Waals surface area (Å²) in [5.41, 5.74) is 7.98. The number of hydrogen-bond donors (Lipinski definition) is 1.